The fourth-order valence-corrected chi connectivity index (χ4v) is 7.34. The first kappa shape index (κ1) is 64.1. The Morgan fingerprint density at radius 1 is 0.309 bits per heavy atom. The van der Waals surface area contributed by atoms with Crippen LogP contribution in [0.4, 0.5) is 0 Å². The first-order valence-electron chi connectivity index (χ1n) is 27.9. The Balaban J connectivity index is 4.54. The zero-order chi connectivity index (χ0) is 49.3. The molecule has 0 amide bonds. The predicted molar refractivity (Wildman–Crippen MR) is 293 cm³/mol. The molecule has 6 nitrogen and oxygen atoms in total. The van der Waals surface area contributed by atoms with E-state index in [2.05, 4.69) is 130 Å². The topological polar surface area (TPSA) is 78.9 Å². The smallest absolute Gasteiger partial charge is 0.306 e. The third-order valence-corrected chi connectivity index (χ3v) is 11.5. The van der Waals surface area contributed by atoms with Crippen molar-refractivity contribution in [3.05, 3.63) is 109 Å². The standard InChI is InChI=1S/C62H102O6/c1-4-7-10-13-16-19-22-25-28-30-31-33-34-37-40-43-46-49-52-55-61(64)67-58-59(57-66-60(63)54-51-48-45-42-39-36-27-24-21-18-15-12-9-6-3)68-62(65)56-53-50-47-44-41-38-35-32-29-26-23-20-17-14-11-8-5-2/h8,11,16-17,19-20,25-26,28-29,31,33,35,37-38,40,44,47,59H,4-7,9-10,12-15,18,21-24,27,30,32,34,36,39,41-43,45-46,48-58H2,1-3H3/b11-8+,19-16+,20-17+,28-25+,29-26+,33-31+,38-35+,40-37+,47-44+/t59-/m1/s1. The highest BCUT2D eigenvalue weighted by Crippen LogP contribution is 2.14. The van der Waals surface area contributed by atoms with Crippen molar-refractivity contribution in [2.45, 2.75) is 252 Å². The summed E-state index contributed by atoms with van der Waals surface area (Å²) in [4.78, 5) is 38.1. The highest BCUT2D eigenvalue weighted by molar-refractivity contribution is 5.71. The van der Waals surface area contributed by atoms with Crippen LogP contribution < -0.4 is 0 Å². The summed E-state index contributed by atoms with van der Waals surface area (Å²) in [5.41, 5.74) is 0. The number of unbranched alkanes of at least 4 members (excludes halogenated alkanes) is 20. The van der Waals surface area contributed by atoms with Gasteiger partial charge >= 0.3 is 17.9 Å². The lowest BCUT2D eigenvalue weighted by Crippen LogP contribution is -2.30. The Kier molecular flexibility index (Phi) is 52.4. The molecular weight excluding hydrogens is 841 g/mol. The lowest BCUT2D eigenvalue weighted by atomic mass is 10.0. The van der Waals surface area contributed by atoms with Gasteiger partial charge in [-0.15, -0.1) is 0 Å². The molecule has 0 bridgehead atoms. The summed E-state index contributed by atoms with van der Waals surface area (Å²) in [5.74, 6) is -1.00. The van der Waals surface area contributed by atoms with E-state index in [0.717, 1.165) is 103 Å². The van der Waals surface area contributed by atoms with Gasteiger partial charge < -0.3 is 14.2 Å². The Labute approximate surface area is 419 Å². The summed E-state index contributed by atoms with van der Waals surface area (Å²) in [6.07, 6.45) is 75.1. The van der Waals surface area contributed by atoms with Crippen molar-refractivity contribution in [1.29, 1.82) is 0 Å². The summed E-state index contributed by atoms with van der Waals surface area (Å²) in [6, 6.07) is 0. The van der Waals surface area contributed by atoms with Gasteiger partial charge in [-0.3, -0.25) is 14.4 Å². The molecule has 0 fully saturated rings. The minimum Gasteiger partial charge on any atom is -0.462 e. The number of carbonyl (C=O) groups is 3. The summed E-state index contributed by atoms with van der Waals surface area (Å²) in [7, 11) is 0. The number of hydrogen-bond acceptors (Lipinski definition) is 6. The average molecular weight is 943 g/mol. The van der Waals surface area contributed by atoms with Gasteiger partial charge in [-0.2, -0.15) is 0 Å². The zero-order valence-corrected chi connectivity index (χ0v) is 44.1. The van der Waals surface area contributed by atoms with Crippen molar-refractivity contribution in [1.82, 2.24) is 0 Å². The third kappa shape index (κ3) is 53.0. The van der Waals surface area contributed by atoms with Gasteiger partial charge in [-0.1, -0.05) is 233 Å². The molecule has 1 atom stereocenters. The number of esters is 3. The molecule has 0 radical (unpaired) electrons. The van der Waals surface area contributed by atoms with Gasteiger partial charge in [0.25, 0.3) is 0 Å². The van der Waals surface area contributed by atoms with Crippen molar-refractivity contribution in [3.63, 3.8) is 0 Å². The van der Waals surface area contributed by atoms with Crippen LogP contribution in [0.15, 0.2) is 109 Å². The molecule has 0 heterocycles. The number of rotatable bonds is 49. The Morgan fingerprint density at radius 2 is 0.588 bits per heavy atom. The Bertz CT molecular complexity index is 1410. The van der Waals surface area contributed by atoms with Gasteiger partial charge in [-0.05, 0) is 103 Å². The molecule has 0 aliphatic rings. The lowest BCUT2D eigenvalue weighted by molar-refractivity contribution is -0.167. The van der Waals surface area contributed by atoms with E-state index in [1.807, 2.05) is 0 Å². The van der Waals surface area contributed by atoms with Gasteiger partial charge in [0, 0.05) is 19.3 Å². The molecule has 0 aliphatic carbocycles. The van der Waals surface area contributed by atoms with Gasteiger partial charge in [0.05, 0.1) is 0 Å². The summed E-state index contributed by atoms with van der Waals surface area (Å²) >= 11 is 0. The van der Waals surface area contributed by atoms with E-state index >= 15 is 0 Å². The molecule has 0 aromatic heterocycles. The van der Waals surface area contributed by atoms with E-state index < -0.39 is 6.10 Å². The van der Waals surface area contributed by atoms with Crippen LogP contribution in [0.25, 0.3) is 0 Å². The van der Waals surface area contributed by atoms with Crippen molar-refractivity contribution in [2.24, 2.45) is 0 Å². The maximum absolute atomic E-state index is 12.8. The van der Waals surface area contributed by atoms with E-state index in [4.69, 9.17) is 14.2 Å². The minimum absolute atomic E-state index is 0.111. The molecule has 0 saturated carbocycles. The van der Waals surface area contributed by atoms with Crippen LogP contribution in [0.1, 0.15) is 245 Å². The van der Waals surface area contributed by atoms with Gasteiger partial charge in [0.15, 0.2) is 6.10 Å². The molecule has 0 aliphatic heterocycles. The van der Waals surface area contributed by atoms with Gasteiger partial charge in [0.1, 0.15) is 13.2 Å². The van der Waals surface area contributed by atoms with Crippen molar-refractivity contribution in [3.8, 4) is 0 Å². The van der Waals surface area contributed by atoms with Crippen molar-refractivity contribution >= 4 is 17.9 Å². The highest BCUT2D eigenvalue weighted by Gasteiger charge is 2.19. The second kappa shape index (κ2) is 55.7. The second-order valence-electron chi connectivity index (χ2n) is 18.1. The third-order valence-electron chi connectivity index (χ3n) is 11.5. The van der Waals surface area contributed by atoms with Crippen LogP contribution in [0.5, 0.6) is 0 Å². The van der Waals surface area contributed by atoms with Crippen LogP contribution in [0.2, 0.25) is 0 Å². The fraction of sp³-hybridized carbons (Fsp3) is 0.661. The van der Waals surface area contributed by atoms with Crippen LogP contribution in [-0.4, -0.2) is 37.2 Å². The molecule has 0 aromatic carbocycles. The number of allylic oxidation sites excluding steroid dienone is 18. The second-order valence-corrected chi connectivity index (χ2v) is 18.1. The first-order valence-corrected chi connectivity index (χ1v) is 27.9. The summed E-state index contributed by atoms with van der Waals surface area (Å²) in [5, 5.41) is 0. The number of ether oxygens (including phenoxy) is 3. The number of carbonyl (C=O) groups excluding carboxylic acids is 3. The average Bonchev–Trinajstić information content (AvgIpc) is 3.34. The minimum atomic E-state index is -0.821. The normalized spacial score (nSPS) is 12.9. The van der Waals surface area contributed by atoms with Crippen LogP contribution in [0.3, 0.4) is 0 Å². The first-order chi connectivity index (χ1) is 33.5. The van der Waals surface area contributed by atoms with Gasteiger partial charge in [0.2, 0.25) is 0 Å². The number of hydrogen-bond donors (Lipinski definition) is 0. The quantitative estimate of drug-likeness (QED) is 0.0262. The zero-order valence-electron chi connectivity index (χ0n) is 44.1. The van der Waals surface area contributed by atoms with Crippen molar-refractivity contribution in [2.75, 3.05) is 13.2 Å². The Morgan fingerprint density at radius 3 is 0.971 bits per heavy atom. The molecule has 0 saturated heterocycles. The van der Waals surface area contributed by atoms with Crippen LogP contribution in [-0.2, 0) is 28.6 Å². The molecule has 0 unspecified atom stereocenters. The van der Waals surface area contributed by atoms with E-state index in [9.17, 15) is 14.4 Å². The summed E-state index contributed by atoms with van der Waals surface area (Å²) in [6.45, 7) is 6.42. The molecule has 68 heavy (non-hydrogen) atoms. The maximum atomic E-state index is 12.8. The predicted octanol–water partition coefficient (Wildman–Crippen LogP) is 18.7. The highest BCUT2D eigenvalue weighted by atomic mass is 16.6. The Hall–Kier alpha value is -3.93. The lowest BCUT2D eigenvalue weighted by Gasteiger charge is -2.18. The molecule has 386 valence electrons. The van der Waals surface area contributed by atoms with Crippen LogP contribution >= 0.6 is 0 Å². The molecule has 0 rings (SSSR count). The summed E-state index contributed by atoms with van der Waals surface area (Å²) < 4.78 is 16.8. The molecule has 0 aromatic rings. The molecule has 0 N–H and O–H groups in total. The fourth-order valence-electron chi connectivity index (χ4n) is 7.34. The monoisotopic (exact) mass is 943 g/mol. The van der Waals surface area contributed by atoms with Crippen LogP contribution in [0, 0.1) is 0 Å². The van der Waals surface area contributed by atoms with E-state index in [0.29, 0.717) is 19.3 Å². The maximum Gasteiger partial charge on any atom is 0.306 e. The SMILES string of the molecule is CC/C=C/C/C=C/C/C=C/C/C=C/C/C=C/CCCC(=O)O[C@@H](COC(=O)CCCCC/C=C/C/C=C/C/C=C/C/C=C/CCCCC)COC(=O)CCCCCCCCCCCCCCCC. The van der Waals surface area contributed by atoms with E-state index in [1.54, 1.807) is 0 Å². The van der Waals surface area contributed by atoms with E-state index in [1.165, 1.54) is 96.3 Å². The van der Waals surface area contributed by atoms with E-state index in [-0.39, 0.29) is 37.5 Å². The van der Waals surface area contributed by atoms with Crippen molar-refractivity contribution < 1.29 is 28.6 Å². The van der Waals surface area contributed by atoms with Gasteiger partial charge in [-0.25, -0.2) is 0 Å². The molecule has 6 heteroatoms. The largest absolute Gasteiger partial charge is 0.462 e. The molecular formula is C62H102O6. The molecule has 0 spiro atoms.